The molecule has 0 saturated heterocycles. The lowest BCUT2D eigenvalue weighted by molar-refractivity contribution is 0.102. The van der Waals surface area contributed by atoms with Crippen molar-refractivity contribution in [1.82, 2.24) is 9.55 Å². The third-order valence-electron chi connectivity index (χ3n) is 4.57. The van der Waals surface area contributed by atoms with E-state index in [0.29, 0.717) is 5.75 Å². The Labute approximate surface area is 163 Å². The molecular weight excluding hydrogens is 352 g/mol. The highest BCUT2D eigenvalue weighted by Crippen LogP contribution is 2.28. The van der Waals surface area contributed by atoms with Gasteiger partial charge >= 0.3 is 0 Å². The Morgan fingerprint density at radius 1 is 0.963 bits per heavy atom. The van der Waals surface area contributed by atoms with Gasteiger partial charge in [0.15, 0.2) is 10.9 Å². The van der Waals surface area contributed by atoms with Crippen LogP contribution in [0.4, 0.5) is 0 Å². The van der Waals surface area contributed by atoms with Gasteiger partial charge in [-0.25, -0.2) is 4.98 Å². The quantitative estimate of drug-likeness (QED) is 0.337. The number of ketones is 1. The van der Waals surface area contributed by atoms with E-state index in [2.05, 4.69) is 22.8 Å². The van der Waals surface area contributed by atoms with E-state index >= 15 is 0 Å². The molecular formula is C23H20N2OS. The fraction of sp³-hybridized carbons (Fsp3) is 0.130. The van der Waals surface area contributed by atoms with Crippen LogP contribution in [0, 0.1) is 13.8 Å². The molecule has 1 aromatic heterocycles. The van der Waals surface area contributed by atoms with Crippen LogP contribution in [0.1, 0.15) is 21.5 Å². The van der Waals surface area contributed by atoms with E-state index in [0.717, 1.165) is 38.6 Å². The zero-order chi connectivity index (χ0) is 18.8. The van der Waals surface area contributed by atoms with Crippen molar-refractivity contribution in [2.75, 3.05) is 5.75 Å². The smallest absolute Gasteiger partial charge is 0.174 e. The molecule has 3 nitrogen and oxygen atoms in total. The Morgan fingerprint density at radius 2 is 1.70 bits per heavy atom. The Bertz CT molecular complexity index is 1120. The average Bonchev–Trinajstić information content (AvgIpc) is 3.07. The van der Waals surface area contributed by atoms with Crippen LogP contribution in [0.15, 0.2) is 78.0 Å². The summed E-state index contributed by atoms with van der Waals surface area (Å²) in [6, 6.07) is 24.2. The molecule has 4 aromatic rings. The second-order valence-corrected chi connectivity index (χ2v) is 7.53. The lowest BCUT2D eigenvalue weighted by atomic mass is 10.0. The van der Waals surface area contributed by atoms with Crippen LogP contribution >= 0.6 is 11.8 Å². The van der Waals surface area contributed by atoms with Crippen LogP contribution in [0.2, 0.25) is 0 Å². The van der Waals surface area contributed by atoms with Gasteiger partial charge in [-0.3, -0.25) is 9.36 Å². The molecule has 4 heteroatoms. The van der Waals surface area contributed by atoms with Gasteiger partial charge < -0.3 is 0 Å². The van der Waals surface area contributed by atoms with Crippen LogP contribution in [0.25, 0.3) is 16.7 Å². The fourth-order valence-corrected chi connectivity index (χ4v) is 4.08. The number of hydrogen-bond acceptors (Lipinski definition) is 3. The monoisotopic (exact) mass is 372 g/mol. The van der Waals surface area contributed by atoms with Crippen molar-refractivity contribution >= 4 is 28.6 Å². The molecule has 0 spiro atoms. The number of aryl methyl sites for hydroxylation is 2. The van der Waals surface area contributed by atoms with Gasteiger partial charge in [-0.15, -0.1) is 0 Å². The number of carbonyl (C=O) groups excluding carboxylic acids is 1. The Kier molecular flexibility index (Phi) is 4.82. The van der Waals surface area contributed by atoms with Crippen molar-refractivity contribution < 1.29 is 4.79 Å². The maximum absolute atomic E-state index is 12.8. The largest absolute Gasteiger partial charge is 0.293 e. The Morgan fingerprint density at radius 3 is 2.52 bits per heavy atom. The molecule has 0 N–H and O–H groups in total. The normalized spacial score (nSPS) is 11.0. The first kappa shape index (κ1) is 17.6. The molecule has 0 bridgehead atoms. The van der Waals surface area contributed by atoms with Crippen LogP contribution in [0.3, 0.4) is 0 Å². The molecule has 1 heterocycles. The van der Waals surface area contributed by atoms with E-state index in [1.165, 1.54) is 11.8 Å². The Hall–Kier alpha value is -2.85. The first-order valence-electron chi connectivity index (χ1n) is 8.89. The number of carbonyl (C=O) groups is 1. The van der Waals surface area contributed by atoms with Crippen LogP contribution in [-0.2, 0) is 0 Å². The molecule has 27 heavy (non-hydrogen) atoms. The predicted octanol–water partition coefficient (Wildman–Crippen LogP) is 5.62. The number of hydrogen-bond donors (Lipinski definition) is 0. The second-order valence-electron chi connectivity index (χ2n) is 6.58. The summed E-state index contributed by atoms with van der Waals surface area (Å²) in [5.41, 5.74) is 5.94. The van der Waals surface area contributed by atoms with Gasteiger partial charge in [0.2, 0.25) is 0 Å². The standard InChI is InChI=1S/C23H20N2OS/c1-16-12-13-17(2)19(14-16)22(26)15-27-23-24-20-10-6-7-11-21(20)25(23)18-8-4-3-5-9-18/h3-14H,15H2,1-2H3. The summed E-state index contributed by atoms with van der Waals surface area (Å²) in [5.74, 6) is 0.494. The molecule has 0 fully saturated rings. The number of rotatable bonds is 5. The molecule has 3 aromatic carbocycles. The molecule has 0 aliphatic heterocycles. The van der Waals surface area contributed by atoms with E-state index in [1.807, 2.05) is 68.4 Å². The zero-order valence-electron chi connectivity index (χ0n) is 15.3. The summed E-state index contributed by atoms with van der Waals surface area (Å²) >= 11 is 1.49. The average molecular weight is 372 g/mol. The van der Waals surface area contributed by atoms with Crippen molar-refractivity contribution in [2.24, 2.45) is 0 Å². The summed E-state index contributed by atoms with van der Waals surface area (Å²) in [7, 11) is 0. The Balaban J connectivity index is 1.68. The topological polar surface area (TPSA) is 34.9 Å². The molecule has 0 unspecified atom stereocenters. The maximum Gasteiger partial charge on any atom is 0.174 e. The highest BCUT2D eigenvalue weighted by Gasteiger charge is 2.16. The van der Waals surface area contributed by atoms with Crippen molar-refractivity contribution in [3.8, 4) is 5.69 Å². The number of imidazole rings is 1. The third kappa shape index (κ3) is 3.53. The number of fused-ring (bicyclic) bond motifs is 1. The van der Waals surface area contributed by atoms with E-state index in [4.69, 9.17) is 4.98 Å². The van der Waals surface area contributed by atoms with E-state index in [9.17, 15) is 4.79 Å². The predicted molar refractivity (Wildman–Crippen MR) is 112 cm³/mol. The van der Waals surface area contributed by atoms with Crippen LogP contribution < -0.4 is 0 Å². The SMILES string of the molecule is Cc1ccc(C)c(C(=O)CSc2nc3ccccc3n2-c2ccccc2)c1. The van der Waals surface area contributed by atoms with Gasteiger partial charge in [0.1, 0.15) is 0 Å². The second kappa shape index (κ2) is 7.41. The number of benzene rings is 3. The molecule has 0 amide bonds. The summed E-state index contributed by atoms with van der Waals surface area (Å²) in [5, 5.41) is 0.834. The van der Waals surface area contributed by atoms with E-state index in [-0.39, 0.29) is 5.78 Å². The number of nitrogens with zero attached hydrogens (tertiary/aromatic N) is 2. The van der Waals surface area contributed by atoms with Gasteiger partial charge in [-0.2, -0.15) is 0 Å². The minimum atomic E-state index is 0.132. The molecule has 0 aliphatic rings. The zero-order valence-corrected chi connectivity index (χ0v) is 16.2. The van der Waals surface area contributed by atoms with Crippen molar-refractivity contribution in [3.05, 3.63) is 89.5 Å². The lowest BCUT2D eigenvalue weighted by Gasteiger charge is -2.09. The van der Waals surface area contributed by atoms with E-state index in [1.54, 1.807) is 0 Å². The van der Waals surface area contributed by atoms with E-state index < -0.39 is 0 Å². The molecule has 4 rings (SSSR count). The molecule has 0 saturated carbocycles. The number of aromatic nitrogens is 2. The first-order valence-corrected chi connectivity index (χ1v) is 9.88. The van der Waals surface area contributed by atoms with Crippen molar-refractivity contribution in [1.29, 1.82) is 0 Å². The van der Waals surface area contributed by atoms with Gasteiger partial charge in [-0.1, -0.05) is 59.8 Å². The first-order chi connectivity index (χ1) is 13.1. The number of Topliss-reactive ketones (excluding diaryl/α,β-unsaturated/α-hetero) is 1. The van der Waals surface area contributed by atoms with Gasteiger partial charge in [0, 0.05) is 11.3 Å². The summed E-state index contributed by atoms with van der Waals surface area (Å²) in [6.45, 7) is 3.99. The van der Waals surface area contributed by atoms with Gasteiger partial charge in [0.25, 0.3) is 0 Å². The molecule has 0 atom stereocenters. The number of thioether (sulfide) groups is 1. The number of para-hydroxylation sites is 3. The third-order valence-corrected chi connectivity index (χ3v) is 5.51. The van der Waals surface area contributed by atoms with Gasteiger partial charge in [-0.05, 0) is 49.7 Å². The minimum Gasteiger partial charge on any atom is -0.293 e. The fourth-order valence-electron chi connectivity index (χ4n) is 3.17. The van der Waals surface area contributed by atoms with Crippen LogP contribution in [-0.4, -0.2) is 21.1 Å². The molecule has 134 valence electrons. The van der Waals surface area contributed by atoms with Crippen molar-refractivity contribution in [3.63, 3.8) is 0 Å². The van der Waals surface area contributed by atoms with Crippen LogP contribution in [0.5, 0.6) is 0 Å². The minimum absolute atomic E-state index is 0.132. The van der Waals surface area contributed by atoms with Gasteiger partial charge in [0.05, 0.1) is 16.8 Å². The molecule has 0 aliphatic carbocycles. The summed E-state index contributed by atoms with van der Waals surface area (Å²) in [6.07, 6.45) is 0. The molecule has 0 radical (unpaired) electrons. The highest BCUT2D eigenvalue weighted by molar-refractivity contribution is 7.99. The lowest BCUT2D eigenvalue weighted by Crippen LogP contribution is -2.06. The highest BCUT2D eigenvalue weighted by atomic mass is 32.2. The maximum atomic E-state index is 12.8. The summed E-state index contributed by atoms with van der Waals surface area (Å²) < 4.78 is 2.12. The van der Waals surface area contributed by atoms with Crippen molar-refractivity contribution in [2.45, 2.75) is 19.0 Å². The summed E-state index contributed by atoms with van der Waals surface area (Å²) in [4.78, 5) is 17.6.